The van der Waals surface area contributed by atoms with Crippen LogP contribution in [0.2, 0.25) is 0 Å². The molecule has 1 aromatic heterocycles. The second-order valence-electron chi connectivity index (χ2n) is 6.61. The molecule has 1 fully saturated rings. The summed E-state index contributed by atoms with van der Waals surface area (Å²) in [4.78, 5) is 10.9. The minimum atomic E-state index is 0. The smallest absolute Gasteiger partial charge is 0.193 e. The third-order valence-corrected chi connectivity index (χ3v) is 4.82. The fourth-order valence-electron chi connectivity index (χ4n) is 3.15. The van der Waals surface area contributed by atoms with E-state index in [1.165, 1.54) is 19.3 Å². The van der Waals surface area contributed by atoms with Crippen molar-refractivity contribution in [2.75, 3.05) is 40.4 Å². The van der Waals surface area contributed by atoms with Crippen molar-refractivity contribution in [3.8, 4) is 0 Å². The number of nitrogens with one attached hydrogen (secondary N) is 1. The fourth-order valence-corrected chi connectivity index (χ4v) is 3.15. The van der Waals surface area contributed by atoms with Crippen LogP contribution in [-0.4, -0.2) is 60.8 Å². The van der Waals surface area contributed by atoms with Crippen LogP contribution in [0.4, 0.5) is 0 Å². The van der Waals surface area contributed by atoms with Crippen LogP contribution in [0, 0.1) is 12.8 Å². The van der Waals surface area contributed by atoms with Crippen molar-refractivity contribution in [3.63, 3.8) is 0 Å². The summed E-state index contributed by atoms with van der Waals surface area (Å²) in [6.45, 7) is 6.95. The second-order valence-corrected chi connectivity index (χ2v) is 6.61. The van der Waals surface area contributed by atoms with Crippen molar-refractivity contribution in [2.24, 2.45) is 10.9 Å². The number of imidazole rings is 1. The van der Waals surface area contributed by atoms with E-state index < -0.39 is 0 Å². The summed E-state index contributed by atoms with van der Waals surface area (Å²) < 4.78 is 7.63. The molecule has 0 unspecified atom stereocenters. The minimum Gasteiger partial charge on any atom is -0.381 e. The van der Waals surface area contributed by atoms with Crippen LogP contribution >= 0.6 is 24.0 Å². The van der Waals surface area contributed by atoms with Crippen molar-refractivity contribution < 1.29 is 4.74 Å². The molecule has 0 bridgehead atoms. The lowest BCUT2D eigenvalue weighted by Gasteiger charge is -2.26. The van der Waals surface area contributed by atoms with Gasteiger partial charge in [0.2, 0.25) is 0 Å². The quantitative estimate of drug-likeness (QED) is 0.279. The molecule has 6 nitrogen and oxygen atoms in total. The van der Waals surface area contributed by atoms with E-state index in [1.807, 2.05) is 26.4 Å². The average molecular weight is 463 g/mol. The first-order valence-electron chi connectivity index (χ1n) is 9.18. The molecule has 0 amide bonds. The predicted octanol–water partition coefficient (Wildman–Crippen LogP) is 2.91. The van der Waals surface area contributed by atoms with Gasteiger partial charge >= 0.3 is 0 Å². The van der Waals surface area contributed by atoms with E-state index in [0.717, 1.165) is 63.4 Å². The zero-order valence-corrected chi connectivity index (χ0v) is 18.2. The molecule has 1 aliphatic heterocycles. The molecule has 1 aliphatic rings. The van der Waals surface area contributed by atoms with Gasteiger partial charge in [0, 0.05) is 59.3 Å². The van der Waals surface area contributed by atoms with Crippen LogP contribution in [0.15, 0.2) is 17.4 Å². The van der Waals surface area contributed by atoms with Gasteiger partial charge in [-0.2, -0.15) is 0 Å². The summed E-state index contributed by atoms with van der Waals surface area (Å²) in [5.41, 5.74) is 0. The van der Waals surface area contributed by atoms with Crippen LogP contribution in [-0.2, 0) is 11.3 Å². The number of rotatable bonds is 8. The van der Waals surface area contributed by atoms with Crippen molar-refractivity contribution >= 4 is 29.9 Å². The van der Waals surface area contributed by atoms with Crippen molar-refractivity contribution in [2.45, 2.75) is 45.6 Å². The maximum absolute atomic E-state index is 5.43. The van der Waals surface area contributed by atoms with Crippen molar-refractivity contribution in [1.82, 2.24) is 19.8 Å². The molecule has 0 aromatic carbocycles. The predicted molar refractivity (Wildman–Crippen MR) is 114 cm³/mol. The zero-order valence-electron chi connectivity index (χ0n) is 15.9. The Balaban J connectivity index is 0.00000312. The summed E-state index contributed by atoms with van der Waals surface area (Å²) in [5.74, 6) is 2.89. The molecule has 2 heterocycles. The van der Waals surface area contributed by atoms with Gasteiger partial charge in [0.1, 0.15) is 5.82 Å². The molecule has 0 spiro atoms. The number of aryl methyl sites for hydroxylation is 2. The average Bonchev–Trinajstić information content (AvgIpc) is 3.02. The van der Waals surface area contributed by atoms with Gasteiger partial charge in [0.25, 0.3) is 0 Å². The first-order chi connectivity index (χ1) is 11.7. The highest BCUT2D eigenvalue weighted by Gasteiger charge is 2.15. The minimum absolute atomic E-state index is 0. The molecule has 0 saturated carbocycles. The molecule has 1 saturated heterocycles. The highest BCUT2D eigenvalue weighted by molar-refractivity contribution is 14.0. The monoisotopic (exact) mass is 463 g/mol. The summed E-state index contributed by atoms with van der Waals surface area (Å²) in [7, 11) is 3.99. The van der Waals surface area contributed by atoms with Crippen molar-refractivity contribution in [3.05, 3.63) is 18.2 Å². The molecule has 0 aliphatic carbocycles. The topological polar surface area (TPSA) is 54.7 Å². The Hall–Kier alpha value is -0.830. The summed E-state index contributed by atoms with van der Waals surface area (Å²) in [5, 5.41) is 3.48. The number of aliphatic imine (C=N–C) groups is 1. The zero-order chi connectivity index (χ0) is 17.2. The summed E-state index contributed by atoms with van der Waals surface area (Å²) in [6, 6.07) is 0. The Kier molecular flexibility index (Phi) is 11.1. The third-order valence-electron chi connectivity index (χ3n) is 4.82. The first-order valence-corrected chi connectivity index (χ1v) is 9.18. The molecule has 144 valence electrons. The van der Waals surface area contributed by atoms with E-state index in [-0.39, 0.29) is 24.0 Å². The fraction of sp³-hybridized carbons (Fsp3) is 0.778. The highest BCUT2D eigenvalue weighted by atomic mass is 127. The molecule has 2 rings (SSSR count). The van der Waals surface area contributed by atoms with E-state index in [1.54, 1.807) is 0 Å². The van der Waals surface area contributed by atoms with Gasteiger partial charge in [-0.15, -0.1) is 24.0 Å². The number of nitrogens with zero attached hydrogens (tertiary/aromatic N) is 4. The van der Waals surface area contributed by atoms with E-state index in [9.17, 15) is 0 Å². The van der Waals surface area contributed by atoms with E-state index in [0.29, 0.717) is 0 Å². The molecule has 1 aromatic rings. The molecule has 0 atom stereocenters. The summed E-state index contributed by atoms with van der Waals surface area (Å²) >= 11 is 0. The number of halogens is 1. The van der Waals surface area contributed by atoms with Crippen LogP contribution < -0.4 is 5.32 Å². The van der Waals surface area contributed by atoms with Gasteiger partial charge in [0.15, 0.2) is 5.96 Å². The number of unbranched alkanes of at least 4 members (excludes halogenated alkanes) is 1. The molecule has 7 heteroatoms. The van der Waals surface area contributed by atoms with Gasteiger partial charge in [-0.1, -0.05) is 0 Å². The number of ether oxygens (including phenoxy) is 1. The summed E-state index contributed by atoms with van der Waals surface area (Å²) in [6.07, 6.45) is 9.81. The van der Waals surface area contributed by atoms with Gasteiger partial charge in [-0.05, 0) is 44.9 Å². The Labute approximate surface area is 169 Å². The number of hydrogen-bond acceptors (Lipinski definition) is 3. The Morgan fingerprint density at radius 3 is 2.80 bits per heavy atom. The third kappa shape index (κ3) is 7.94. The Morgan fingerprint density at radius 2 is 2.16 bits per heavy atom. The van der Waals surface area contributed by atoms with Gasteiger partial charge < -0.3 is 19.5 Å². The number of hydrogen-bond donors (Lipinski definition) is 1. The van der Waals surface area contributed by atoms with Crippen LogP contribution in [0.3, 0.4) is 0 Å². The maximum atomic E-state index is 5.43. The highest BCUT2D eigenvalue weighted by Crippen LogP contribution is 2.18. The van der Waals surface area contributed by atoms with Crippen molar-refractivity contribution in [1.29, 1.82) is 0 Å². The molecular formula is C18H34IN5O. The SMILES string of the molecule is CN=C(NCCCCn1ccnc1C)N(C)CCC1CCOCC1.I. The van der Waals surface area contributed by atoms with Crippen LogP contribution in [0.25, 0.3) is 0 Å². The van der Waals surface area contributed by atoms with Crippen LogP contribution in [0.1, 0.15) is 37.9 Å². The lowest BCUT2D eigenvalue weighted by atomic mass is 9.96. The largest absolute Gasteiger partial charge is 0.381 e. The Bertz CT molecular complexity index is 499. The number of guanidine groups is 1. The molecule has 0 radical (unpaired) electrons. The van der Waals surface area contributed by atoms with E-state index in [2.05, 4.69) is 31.8 Å². The lowest BCUT2D eigenvalue weighted by Crippen LogP contribution is -2.40. The van der Waals surface area contributed by atoms with E-state index >= 15 is 0 Å². The second kappa shape index (κ2) is 12.5. The van der Waals surface area contributed by atoms with Gasteiger partial charge in [-0.3, -0.25) is 4.99 Å². The first kappa shape index (κ1) is 22.2. The Morgan fingerprint density at radius 1 is 1.40 bits per heavy atom. The van der Waals surface area contributed by atoms with Crippen LogP contribution in [0.5, 0.6) is 0 Å². The number of aromatic nitrogens is 2. The molecule has 1 N–H and O–H groups in total. The normalized spacial score (nSPS) is 15.7. The van der Waals surface area contributed by atoms with Gasteiger partial charge in [0.05, 0.1) is 0 Å². The maximum Gasteiger partial charge on any atom is 0.193 e. The molecule has 25 heavy (non-hydrogen) atoms. The standard InChI is InChI=1S/C18H33N5O.HI/c1-16-20-10-13-23(16)11-5-4-9-21-18(19-2)22(3)12-6-17-7-14-24-15-8-17;/h10,13,17H,4-9,11-12,14-15H2,1-3H3,(H,19,21);1H. The lowest BCUT2D eigenvalue weighted by molar-refractivity contribution is 0.0625. The molecular weight excluding hydrogens is 429 g/mol. The van der Waals surface area contributed by atoms with Gasteiger partial charge in [-0.25, -0.2) is 4.98 Å². The van der Waals surface area contributed by atoms with E-state index in [4.69, 9.17) is 4.74 Å².